The second-order valence-electron chi connectivity index (χ2n) is 5.47. The van der Waals surface area contributed by atoms with Crippen LogP contribution in [0.1, 0.15) is 46.2 Å². The molecule has 1 aromatic heterocycles. The van der Waals surface area contributed by atoms with Crippen molar-refractivity contribution in [1.29, 1.82) is 0 Å². The van der Waals surface area contributed by atoms with Gasteiger partial charge in [0.15, 0.2) is 0 Å². The van der Waals surface area contributed by atoms with E-state index in [0.29, 0.717) is 0 Å². The molecule has 0 aromatic carbocycles. The number of rotatable bonds is 8. The molecule has 0 aliphatic carbocycles. The Hall–Kier alpha value is -0.940. The van der Waals surface area contributed by atoms with Crippen molar-refractivity contribution in [3.63, 3.8) is 0 Å². The third-order valence-electron chi connectivity index (χ3n) is 2.60. The number of ether oxygens (including phenoxy) is 1. The first kappa shape index (κ1) is 15.1. The summed E-state index contributed by atoms with van der Waals surface area (Å²) >= 11 is 0. The molecule has 1 aromatic rings. The van der Waals surface area contributed by atoms with E-state index in [9.17, 15) is 0 Å². The number of nitrogens with one attached hydrogen (secondary N) is 1. The zero-order valence-electron chi connectivity index (χ0n) is 12.1. The van der Waals surface area contributed by atoms with Crippen LogP contribution in [-0.4, -0.2) is 34.8 Å². The summed E-state index contributed by atoms with van der Waals surface area (Å²) in [6.07, 6.45) is 4.31. The lowest BCUT2D eigenvalue weighted by Gasteiger charge is -2.17. The van der Waals surface area contributed by atoms with Crippen molar-refractivity contribution in [2.45, 2.75) is 52.6 Å². The van der Waals surface area contributed by atoms with Crippen LogP contribution in [-0.2, 0) is 16.8 Å². The van der Waals surface area contributed by atoms with Crippen molar-refractivity contribution in [1.82, 2.24) is 20.3 Å². The molecule has 0 spiro atoms. The number of unbranched alkanes of at least 4 members (excludes halogenated alkanes) is 1. The molecular formula is C13H26N4O. The van der Waals surface area contributed by atoms with Crippen LogP contribution in [0.4, 0.5) is 0 Å². The summed E-state index contributed by atoms with van der Waals surface area (Å²) in [7, 11) is 0. The molecule has 0 saturated carbocycles. The maximum atomic E-state index is 5.47. The molecule has 1 heterocycles. The molecule has 0 saturated heterocycles. The molecule has 0 atom stereocenters. The van der Waals surface area contributed by atoms with Gasteiger partial charge in [0, 0.05) is 19.7 Å². The van der Waals surface area contributed by atoms with Crippen molar-refractivity contribution < 1.29 is 4.74 Å². The highest BCUT2D eigenvalue weighted by molar-refractivity contribution is 4.93. The Bertz CT molecular complexity index is 330. The van der Waals surface area contributed by atoms with Crippen LogP contribution in [0.5, 0.6) is 0 Å². The molecule has 0 radical (unpaired) electrons. The lowest BCUT2D eigenvalue weighted by molar-refractivity contribution is 0.133. The van der Waals surface area contributed by atoms with Gasteiger partial charge in [0.25, 0.3) is 0 Å². The number of hydrogen-bond donors (Lipinski definition) is 1. The van der Waals surface area contributed by atoms with Crippen molar-refractivity contribution >= 4 is 0 Å². The molecule has 0 fully saturated rings. The average Bonchev–Trinajstić information content (AvgIpc) is 2.76. The molecule has 0 bridgehead atoms. The van der Waals surface area contributed by atoms with Gasteiger partial charge in [-0.1, -0.05) is 18.6 Å². The third-order valence-corrected chi connectivity index (χ3v) is 2.60. The smallest absolute Gasteiger partial charge is 0.0965 e. The van der Waals surface area contributed by atoms with E-state index in [1.54, 1.807) is 0 Å². The van der Waals surface area contributed by atoms with E-state index in [4.69, 9.17) is 4.74 Å². The summed E-state index contributed by atoms with van der Waals surface area (Å²) in [6.45, 7) is 11.7. The standard InChI is InChI=1S/C13H26N4O/c1-5-6-8-18-9-7-14-10-12-11-17(16-15-12)13(2,3)4/h11,14H,5-10H2,1-4H3. The zero-order valence-corrected chi connectivity index (χ0v) is 12.1. The Morgan fingerprint density at radius 2 is 2.11 bits per heavy atom. The van der Waals surface area contributed by atoms with E-state index in [0.717, 1.165) is 38.4 Å². The minimum atomic E-state index is -0.00544. The van der Waals surface area contributed by atoms with Gasteiger partial charge in [0.05, 0.1) is 24.0 Å². The summed E-state index contributed by atoms with van der Waals surface area (Å²) in [5, 5.41) is 11.6. The van der Waals surface area contributed by atoms with Gasteiger partial charge >= 0.3 is 0 Å². The van der Waals surface area contributed by atoms with Gasteiger partial charge in [-0.05, 0) is 27.2 Å². The molecule has 1 rings (SSSR count). The van der Waals surface area contributed by atoms with E-state index in [1.165, 1.54) is 6.42 Å². The fraction of sp³-hybridized carbons (Fsp3) is 0.846. The van der Waals surface area contributed by atoms with Gasteiger partial charge in [0.1, 0.15) is 0 Å². The SMILES string of the molecule is CCCCOCCNCc1cn(C(C)(C)C)nn1. The Balaban J connectivity index is 2.14. The maximum Gasteiger partial charge on any atom is 0.0965 e. The van der Waals surface area contributed by atoms with Crippen LogP contribution in [0.3, 0.4) is 0 Å². The quantitative estimate of drug-likeness (QED) is 0.720. The molecular weight excluding hydrogens is 228 g/mol. The normalized spacial score (nSPS) is 12.0. The van der Waals surface area contributed by atoms with Gasteiger partial charge < -0.3 is 10.1 Å². The molecule has 0 aliphatic rings. The van der Waals surface area contributed by atoms with E-state index in [1.807, 2.05) is 10.9 Å². The van der Waals surface area contributed by atoms with Crippen LogP contribution in [0.2, 0.25) is 0 Å². The first-order chi connectivity index (χ1) is 8.54. The van der Waals surface area contributed by atoms with Gasteiger partial charge in [-0.25, -0.2) is 4.68 Å². The molecule has 0 aliphatic heterocycles. The first-order valence-corrected chi connectivity index (χ1v) is 6.74. The number of aromatic nitrogens is 3. The van der Waals surface area contributed by atoms with Crippen molar-refractivity contribution in [2.75, 3.05) is 19.8 Å². The summed E-state index contributed by atoms with van der Waals surface area (Å²) in [6, 6.07) is 0. The van der Waals surface area contributed by atoms with Gasteiger partial charge in [-0.3, -0.25) is 0 Å². The Morgan fingerprint density at radius 3 is 2.72 bits per heavy atom. The topological polar surface area (TPSA) is 52.0 Å². The Kier molecular flexibility index (Phi) is 6.29. The fourth-order valence-corrected chi connectivity index (χ4v) is 1.42. The third kappa shape index (κ3) is 5.60. The maximum absolute atomic E-state index is 5.47. The zero-order chi connectivity index (χ0) is 13.4. The number of hydrogen-bond acceptors (Lipinski definition) is 4. The van der Waals surface area contributed by atoms with E-state index in [2.05, 4.69) is 43.3 Å². The van der Waals surface area contributed by atoms with Crippen LogP contribution < -0.4 is 5.32 Å². The second-order valence-corrected chi connectivity index (χ2v) is 5.47. The predicted molar refractivity (Wildman–Crippen MR) is 72.5 cm³/mol. The molecule has 104 valence electrons. The number of nitrogens with zero attached hydrogens (tertiary/aromatic N) is 3. The lowest BCUT2D eigenvalue weighted by atomic mass is 10.1. The molecule has 1 N–H and O–H groups in total. The highest BCUT2D eigenvalue weighted by atomic mass is 16.5. The van der Waals surface area contributed by atoms with Crippen LogP contribution >= 0.6 is 0 Å². The van der Waals surface area contributed by atoms with Gasteiger partial charge in [-0.2, -0.15) is 0 Å². The highest BCUT2D eigenvalue weighted by Crippen LogP contribution is 2.11. The summed E-state index contributed by atoms with van der Waals surface area (Å²) < 4.78 is 7.36. The lowest BCUT2D eigenvalue weighted by Crippen LogP contribution is -2.22. The highest BCUT2D eigenvalue weighted by Gasteiger charge is 2.14. The van der Waals surface area contributed by atoms with Crippen molar-refractivity contribution in [3.8, 4) is 0 Å². The summed E-state index contributed by atoms with van der Waals surface area (Å²) in [5.74, 6) is 0. The van der Waals surface area contributed by atoms with Gasteiger partial charge in [0.2, 0.25) is 0 Å². The van der Waals surface area contributed by atoms with Crippen LogP contribution in [0.15, 0.2) is 6.20 Å². The average molecular weight is 254 g/mol. The van der Waals surface area contributed by atoms with E-state index in [-0.39, 0.29) is 5.54 Å². The first-order valence-electron chi connectivity index (χ1n) is 6.74. The second kappa shape index (κ2) is 7.48. The summed E-state index contributed by atoms with van der Waals surface area (Å²) in [4.78, 5) is 0. The minimum Gasteiger partial charge on any atom is -0.380 e. The molecule has 0 unspecified atom stereocenters. The molecule has 0 amide bonds. The Labute approximate surface area is 110 Å². The van der Waals surface area contributed by atoms with E-state index < -0.39 is 0 Å². The molecule has 18 heavy (non-hydrogen) atoms. The van der Waals surface area contributed by atoms with Crippen LogP contribution in [0, 0.1) is 0 Å². The Morgan fingerprint density at radius 1 is 1.33 bits per heavy atom. The monoisotopic (exact) mass is 254 g/mol. The molecule has 5 nitrogen and oxygen atoms in total. The fourth-order valence-electron chi connectivity index (χ4n) is 1.42. The minimum absolute atomic E-state index is 0.00544. The van der Waals surface area contributed by atoms with Crippen molar-refractivity contribution in [2.24, 2.45) is 0 Å². The van der Waals surface area contributed by atoms with Crippen LogP contribution in [0.25, 0.3) is 0 Å². The van der Waals surface area contributed by atoms with E-state index >= 15 is 0 Å². The molecule has 5 heteroatoms. The van der Waals surface area contributed by atoms with Gasteiger partial charge in [-0.15, -0.1) is 5.10 Å². The van der Waals surface area contributed by atoms with Crippen molar-refractivity contribution in [3.05, 3.63) is 11.9 Å². The largest absolute Gasteiger partial charge is 0.380 e. The summed E-state index contributed by atoms with van der Waals surface area (Å²) in [5.41, 5.74) is 0.965. The predicted octanol–water partition coefficient (Wildman–Crippen LogP) is 1.94.